The average Bonchev–Trinajstić information content (AvgIpc) is 2.56. The minimum Gasteiger partial charge on any atom is -0.373 e. The molecule has 5 nitrogen and oxygen atoms in total. The van der Waals surface area contributed by atoms with Crippen LogP contribution in [0.5, 0.6) is 0 Å². The number of hydrogen-bond donors (Lipinski definition) is 2. The molecule has 0 atom stereocenters. The number of nitrogen functional groups attached to an aromatic ring is 1. The third kappa shape index (κ3) is 2.53. The van der Waals surface area contributed by atoms with Crippen molar-refractivity contribution in [1.82, 2.24) is 9.97 Å². The average molecular weight is 221 g/mol. The van der Waals surface area contributed by atoms with Crippen molar-refractivity contribution in [3.8, 4) is 0 Å². The fraction of sp³-hybridized carbons (Fsp3) is 0.636. The second kappa shape index (κ2) is 5.01. The minimum absolute atomic E-state index is 0.339. The first-order valence-corrected chi connectivity index (χ1v) is 5.87. The number of nitrogens with zero attached hydrogens (tertiary/aromatic N) is 3. The molecular formula is C11H19N5. The highest BCUT2D eigenvalue weighted by molar-refractivity contribution is 5.52. The van der Waals surface area contributed by atoms with E-state index in [1.54, 1.807) is 0 Å². The molecule has 3 N–H and O–H groups in total. The molecule has 0 saturated carbocycles. The third-order valence-corrected chi connectivity index (χ3v) is 2.92. The molecule has 0 bridgehead atoms. The number of hydrogen-bond acceptors (Lipinski definition) is 5. The first-order chi connectivity index (χ1) is 7.79. The van der Waals surface area contributed by atoms with E-state index in [9.17, 15) is 0 Å². The molecule has 0 amide bonds. The van der Waals surface area contributed by atoms with Crippen LogP contribution in [-0.2, 0) is 0 Å². The summed E-state index contributed by atoms with van der Waals surface area (Å²) in [6.45, 7) is 2.14. The van der Waals surface area contributed by atoms with E-state index in [4.69, 9.17) is 5.73 Å². The first kappa shape index (κ1) is 11.0. The van der Waals surface area contributed by atoms with Gasteiger partial charge in [-0.3, -0.25) is 0 Å². The van der Waals surface area contributed by atoms with Crippen molar-refractivity contribution in [3.05, 3.63) is 6.07 Å². The van der Waals surface area contributed by atoms with Crippen molar-refractivity contribution in [2.24, 2.45) is 0 Å². The summed E-state index contributed by atoms with van der Waals surface area (Å²) in [5, 5.41) is 3.01. The van der Waals surface area contributed by atoms with Gasteiger partial charge in [0.05, 0.1) is 0 Å². The zero-order valence-corrected chi connectivity index (χ0v) is 9.74. The molecule has 16 heavy (non-hydrogen) atoms. The van der Waals surface area contributed by atoms with Gasteiger partial charge in [0.25, 0.3) is 0 Å². The first-order valence-electron chi connectivity index (χ1n) is 5.87. The van der Waals surface area contributed by atoms with E-state index in [-0.39, 0.29) is 0 Å². The Labute approximate surface area is 96.1 Å². The lowest BCUT2D eigenvalue weighted by Crippen LogP contribution is -2.25. The Bertz CT molecular complexity index is 344. The highest BCUT2D eigenvalue weighted by Crippen LogP contribution is 2.20. The van der Waals surface area contributed by atoms with Crippen LogP contribution in [0.4, 0.5) is 17.6 Å². The van der Waals surface area contributed by atoms with E-state index in [0.717, 1.165) is 24.7 Å². The van der Waals surface area contributed by atoms with E-state index < -0.39 is 0 Å². The molecule has 1 saturated heterocycles. The molecule has 0 aliphatic carbocycles. The van der Waals surface area contributed by atoms with Crippen LogP contribution in [0, 0.1) is 0 Å². The molecule has 2 heterocycles. The Morgan fingerprint density at radius 3 is 2.50 bits per heavy atom. The lowest BCUT2D eigenvalue weighted by Gasteiger charge is -2.21. The van der Waals surface area contributed by atoms with Crippen molar-refractivity contribution >= 4 is 17.6 Å². The summed E-state index contributed by atoms with van der Waals surface area (Å²) in [6, 6.07) is 1.96. The summed E-state index contributed by atoms with van der Waals surface area (Å²) in [5.74, 6) is 2.07. The lowest BCUT2D eigenvalue weighted by molar-refractivity contribution is 0.726. The minimum atomic E-state index is 0.339. The van der Waals surface area contributed by atoms with Crippen molar-refractivity contribution < 1.29 is 0 Å². The van der Waals surface area contributed by atoms with E-state index in [2.05, 4.69) is 20.2 Å². The van der Waals surface area contributed by atoms with Gasteiger partial charge in [-0.15, -0.1) is 0 Å². The van der Waals surface area contributed by atoms with E-state index in [0.29, 0.717) is 5.95 Å². The van der Waals surface area contributed by atoms with Gasteiger partial charge in [-0.1, -0.05) is 12.8 Å². The molecular weight excluding hydrogens is 202 g/mol. The molecule has 5 heteroatoms. The number of aromatic nitrogens is 2. The third-order valence-electron chi connectivity index (χ3n) is 2.92. The second-order valence-electron chi connectivity index (χ2n) is 4.12. The Balaban J connectivity index is 2.20. The largest absolute Gasteiger partial charge is 0.373 e. The quantitative estimate of drug-likeness (QED) is 0.791. The zero-order chi connectivity index (χ0) is 11.4. The molecule has 1 aromatic rings. The highest BCUT2D eigenvalue weighted by atomic mass is 15.2. The number of anilines is 3. The van der Waals surface area contributed by atoms with E-state index in [1.165, 1.54) is 25.7 Å². The number of nitrogens with one attached hydrogen (secondary N) is 1. The van der Waals surface area contributed by atoms with Gasteiger partial charge in [0.1, 0.15) is 11.6 Å². The van der Waals surface area contributed by atoms with Gasteiger partial charge in [0, 0.05) is 26.2 Å². The molecule has 0 unspecified atom stereocenters. The van der Waals surface area contributed by atoms with E-state index >= 15 is 0 Å². The summed E-state index contributed by atoms with van der Waals surface area (Å²) < 4.78 is 0. The van der Waals surface area contributed by atoms with Crippen molar-refractivity contribution in [2.75, 3.05) is 36.1 Å². The van der Waals surface area contributed by atoms with Crippen LogP contribution >= 0.6 is 0 Å². The number of rotatable bonds is 2. The summed E-state index contributed by atoms with van der Waals surface area (Å²) in [6.07, 6.45) is 5.10. The van der Waals surface area contributed by atoms with Crippen LogP contribution in [-0.4, -0.2) is 30.1 Å². The van der Waals surface area contributed by atoms with Gasteiger partial charge in [-0.25, -0.2) is 0 Å². The maximum Gasteiger partial charge on any atom is 0.223 e. The van der Waals surface area contributed by atoms with Gasteiger partial charge in [-0.05, 0) is 12.8 Å². The summed E-state index contributed by atoms with van der Waals surface area (Å²) in [4.78, 5) is 10.7. The smallest absolute Gasteiger partial charge is 0.223 e. The second-order valence-corrected chi connectivity index (χ2v) is 4.12. The summed E-state index contributed by atoms with van der Waals surface area (Å²) >= 11 is 0. The molecule has 1 aliphatic heterocycles. The topological polar surface area (TPSA) is 67.1 Å². The maximum absolute atomic E-state index is 5.69. The Morgan fingerprint density at radius 2 is 1.88 bits per heavy atom. The molecule has 0 aromatic carbocycles. The fourth-order valence-electron chi connectivity index (χ4n) is 2.04. The summed E-state index contributed by atoms with van der Waals surface area (Å²) in [7, 11) is 1.84. The molecule has 2 rings (SSSR count). The normalized spacial score (nSPS) is 16.9. The van der Waals surface area contributed by atoms with Gasteiger partial charge in [-0.2, -0.15) is 9.97 Å². The van der Waals surface area contributed by atoms with Crippen molar-refractivity contribution in [2.45, 2.75) is 25.7 Å². The molecule has 0 spiro atoms. The monoisotopic (exact) mass is 221 g/mol. The van der Waals surface area contributed by atoms with Gasteiger partial charge in [0.15, 0.2) is 0 Å². The van der Waals surface area contributed by atoms with Crippen LogP contribution in [0.3, 0.4) is 0 Å². The highest BCUT2D eigenvalue weighted by Gasteiger charge is 2.12. The van der Waals surface area contributed by atoms with Gasteiger partial charge < -0.3 is 16.0 Å². The Morgan fingerprint density at radius 1 is 1.19 bits per heavy atom. The molecule has 1 aromatic heterocycles. The predicted octanol–water partition coefficient (Wildman–Crippen LogP) is 1.48. The molecule has 1 fully saturated rings. The maximum atomic E-state index is 5.69. The standard InChI is InChI=1S/C11H19N5/c1-13-9-8-10(15-11(12)14-9)16-6-4-2-3-5-7-16/h8H,2-7H2,1H3,(H3,12,13,14,15). The fourth-order valence-corrected chi connectivity index (χ4v) is 2.04. The van der Waals surface area contributed by atoms with Crippen molar-refractivity contribution in [3.63, 3.8) is 0 Å². The molecule has 1 aliphatic rings. The predicted molar refractivity (Wildman–Crippen MR) is 66.7 cm³/mol. The summed E-state index contributed by atoms with van der Waals surface area (Å²) in [5.41, 5.74) is 5.69. The lowest BCUT2D eigenvalue weighted by atomic mass is 10.2. The van der Waals surface area contributed by atoms with Crippen LogP contribution in [0.25, 0.3) is 0 Å². The van der Waals surface area contributed by atoms with E-state index in [1.807, 2.05) is 13.1 Å². The van der Waals surface area contributed by atoms with Crippen LogP contribution in [0.2, 0.25) is 0 Å². The van der Waals surface area contributed by atoms with Crippen molar-refractivity contribution in [1.29, 1.82) is 0 Å². The van der Waals surface area contributed by atoms with Gasteiger partial charge >= 0.3 is 0 Å². The van der Waals surface area contributed by atoms with Crippen LogP contribution < -0.4 is 16.0 Å². The molecule has 88 valence electrons. The Kier molecular flexibility index (Phi) is 3.44. The number of nitrogens with two attached hydrogens (primary N) is 1. The Hall–Kier alpha value is -1.52. The molecule has 0 radical (unpaired) electrons. The SMILES string of the molecule is CNc1cc(N2CCCCCC2)nc(N)n1. The van der Waals surface area contributed by atoms with Gasteiger partial charge in [0.2, 0.25) is 5.95 Å². The van der Waals surface area contributed by atoms with Crippen LogP contribution in [0.1, 0.15) is 25.7 Å². The van der Waals surface area contributed by atoms with Crippen LogP contribution in [0.15, 0.2) is 6.07 Å². The zero-order valence-electron chi connectivity index (χ0n) is 9.74.